The van der Waals surface area contributed by atoms with Crippen LogP contribution in [0.1, 0.15) is 51.4 Å². The van der Waals surface area contributed by atoms with Crippen LogP contribution in [0.4, 0.5) is 4.79 Å². The number of nitrogens with one attached hydrogen (secondary N) is 2. The Kier molecular flexibility index (Phi) is 6.80. The first-order valence-electron chi connectivity index (χ1n) is 9.77. The monoisotopic (exact) mass is 382 g/mol. The Hall–Kier alpha value is -1.28. The van der Waals surface area contributed by atoms with E-state index in [2.05, 4.69) is 10.6 Å². The lowest BCUT2D eigenvalue weighted by Crippen LogP contribution is -2.44. The number of carbonyl (C=O) groups excluding carboxylic acids is 1. The average Bonchev–Trinajstić information content (AvgIpc) is 3.12. The number of hydrogen-bond acceptors (Lipinski definition) is 5. The average molecular weight is 383 g/mol. The third-order valence-electron chi connectivity index (χ3n) is 5.86. The molecule has 2 fully saturated rings. The topological polar surface area (TPSA) is 94.0 Å². The molecule has 1 saturated heterocycles. The van der Waals surface area contributed by atoms with Crippen LogP contribution >= 0.6 is 11.8 Å². The third-order valence-corrected chi connectivity index (χ3v) is 7.34. The summed E-state index contributed by atoms with van der Waals surface area (Å²) in [5, 5.41) is 22.6. The van der Waals surface area contributed by atoms with Gasteiger partial charge < -0.3 is 15.7 Å². The maximum absolute atomic E-state index is 12.3. The Balaban J connectivity index is 1.59. The van der Waals surface area contributed by atoms with Gasteiger partial charge in [-0.15, -0.1) is 0 Å². The Morgan fingerprint density at radius 2 is 1.92 bits per heavy atom. The normalized spacial score (nSPS) is 30.1. The van der Waals surface area contributed by atoms with E-state index in [1.807, 2.05) is 0 Å². The number of carboxylic acid groups (broad SMARTS) is 1. The molecule has 0 aromatic carbocycles. The first-order chi connectivity index (χ1) is 12.6. The van der Waals surface area contributed by atoms with Crippen molar-refractivity contribution in [3.63, 3.8) is 0 Å². The number of carboxylic acids is 1. The molecule has 7 nitrogen and oxygen atoms in total. The smallest absolute Gasteiger partial charge is 0.338 e. The second-order valence-electron chi connectivity index (χ2n) is 7.58. The molecule has 0 radical (unpaired) electrons. The molecule has 0 aromatic rings. The lowest BCUT2D eigenvalue weighted by Gasteiger charge is -2.31. The zero-order chi connectivity index (χ0) is 18.5. The highest BCUT2D eigenvalue weighted by Gasteiger charge is 2.40. The second kappa shape index (κ2) is 9.08. The fourth-order valence-corrected chi connectivity index (χ4v) is 5.78. The van der Waals surface area contributed by atoms with Crippen molar-refractivity contribution >= 4 is 28.8 Å². The van der Waals surface area contributed by atoms with E-state index in [1.165, 1.54) is 0 Å². The summed E-state index contributed by atoms with van der Waals surface area (Å²) in [4.78, 5) is 23.1. The molecule has 8 heteroatoms. The summed E-state index contributed by atoms with van der Waals surface area (Å²) in [5.41, 5.74) is 0. The summed E-state index contributed by atoms with van der Waals surface area (Å²) < 4.78 is 0. The van der Waals surface area contributed by atoms with E-state index in [4.69, 9.17) is 10.2 Å². The molecule has 1 unspecified atom stereocenters. The highest BCUT2D eigenvalue weighted by atomic mass is 32.2. The molecule has 1 atom stereocenters. The Morgan fingerprint density at radius 3 is 2.54 bits per heavy atom. The predicted octanol–water partition coefficient (Wildman–Crippen LogP) is 2.69. The summed E-state index contributed by atoms with van der Waals surface area (Å²) in [6, 6.07) is -0.119. The predicted molar refractivity (Wildman–Crippen MR) is 103 cm³/mol. The van der Waals surface area contributed by atoms with Crippen LogP contribution in [0.5, 0.6) is 0 Å². The van der Waals surface area contributed by atoms with Crippen molar-refractivity contribution in [3.05, 3.63) is 0 Å². The fraction of sp³-hybridized carbons (Fsp3) is 0.833. The van der Waals surface area contributed by atoms with Crippen molar-refractivity contribution in [2.75, 3.05) is 20.1 Å². The number of nitrogens with zero attached hydrogens (tertiary/aromatic N) is 2. The molecule has 0 spiro atoms. The quantitative estimate of drug-likeness (QED) is 0.680. The number of rotatable bonds is 5. The van der Waals surface area contributed by atoms with Crippen molar-refractivity contribution < 1.29 is 14.7 Å². The molecule has 2 heterocycles. The maximum Gasteiger partial charge on any atom is 0.338 e. The van der Waals surface area contributed by atoms with E-state index in [9.17, 15) is 9.59 Å². The largest absolute Gasteiger partial charge is 0.481 e. The van der Waals surface area contributed by atoms with Crippen molar-refractivity contribution in [3.8, 4) is 0 Å². The van der Waals surface area contributed by atoms with Gasteiger partial charge in [-0.1, -0.05) is 11.8 Å². The van der Waals surface area contributed by atoms with Gasteiger partial charge >= 0.3 is 12.0 Å². The number of amides is 2. The first-order valence-corrected chi connectivity index (χ1v) is 10.6. The van der Waals surface area contributed by atoms with Gasteiger partial charge in [0.05, 0.1) is 5.04 Å². The van der Waals surface area contributed by atoms with E-state index < -0.39 is 5.97 Å². The molecular formula is C18H30N4O3S. The summed E-state index contributed by atoms with van der Waals surface area (Å²) in [6.07, 6.45) is 7.45. The second-order valence-corrected chi connectivity index (χ2v) is 8.72. The zero-order valence-electron chi connectivity index (χ0n) is 15.4. The van der Waals surface area contributed by atoms with Crippen LogP contribution in [0.3, 0.4) is 0 Å². The van der Waals surface area contributed by atoms with Crippen LogP contribution in [0.15, 0.2) is 5.10 Å². The fourth-order valence-electron chi connectivity index (χ4n) is 4.26. The molecule has 0 bridgehead atoms. The minimum atomic E-state index is -0.700. The summed E-state index contributed by atoms with van der Waals surface area (Å²) in [6.45, 7) is 2.01. The van der Waals surface area contributed by atoms with Gasteiger partial charge in [0, 0.05) is 19.4 Å². The molecule has 26 heavy (non-hydrogen) atoms. The minimum Gasteiger partial charge on any atom is -0.481 e. The highest BCUT2D eigenvalue weighted by molar-refractivity contribution is 8.14. The number of carbonyl (C=O) groups is 2. The van der Waals surface area contributed by atoms with Gasteiger partial charge in [-0.3, -0.25) is 4.79 Å². The lowest BCUT2D eigenvalue weighted by atomic mass is 9.80. The zero-order valence-corrected chi connectivity index (χ0v) is 16.3. The highest BCUT2D eigenvalue weighted by Crippen LogP contribution is 2.42. The lowest BCUT2D eigenvalue weighted by molar-refractivity contribution is -0.137. The van der Waals surface area contributed by atoms with Crippen molar-refractivity contribution in [1.82, 2.24) is 15.6 Å². The van der Waals surface area contributed by atoms with Gasteiger partial charge in [0.25, 0.3) is 0 Å². The third kappa shape index (κ3) is 4.71. The Morgan fingerprint density at radius 1 is 1.23 bits per heavy atom. The Bertz CT molecular complexity index is 543. The number of urea groups is 1. The van der Waals surface area contributed by atoms with Crippen LogP contribution in [-0.4, -0.2) is 52.7 Å². The number of hydrazone groups is 1. The molecule has 1 aliphatic carbocycles. The van der Waals surface area contributed by atoms with Gasteiger partial charge in [-0.25, -0.2) is 9.80 Å². The van der Waals surface area contributed by atoms with Gasteiger partial charge in [-0.05, 0) is 69.9 Å². The van der Waals surface area contributed by atoms with Gasteiger partial charge in [0.1, 0.15) is 5.37 Å². The number of piperidine rings is 1. The van der Waals surface area contributed by atoms with Crippen LogP contribution in [-0.2, 0) is 4.79 Å². The number of hydrogen-bond donors (Lipinski definition) is 3. The van der Waals surface area contributed by atoms with E-state index in [-0.39, 0.29) is 17.8 Å². The van der Waals surface area contributed by atoms with E-state index in [0.717, 1.165) is 63.1 Å². The number of thioether (sulfide) groups is 1. The van der Waals surface area contributed by atoms with Crippen LogP contribution in [0.25, 0.3) is 0 Å². The molecule has 3 aliphatic rings. The Labute approximate surface area is 159 Å². The van der Waals surface area contributed by atoms with E-state index in [0.29, 0.717) is 17.8 Å². The van der Waals surface area contributed by atoms with Crippen molar-refractivity contribution in [1.29, 1.82) is 0 Å². The molecule has 146 valence electrons. The first kappa shape index (κ1) is 19.5. The molecule has 3 N–H and O–H groups in total. The van der Waals surface area contributed by atoms with Gasteiger partial charge in [0.15, 0.2) is 0 Å². The minimum absolute atomic E-state index is 0.108. The van der Waals surface area contributed by atoms with E-state index in [1.54, 1.807) is 23.8 Å². The van der Waals surface area contributed by atoms with Crippen molar-refractivity contribution in [2.24, 2.45) is 22.9 Å². The molecular weight excluding hydrogens is 352 g/mol. The molecule has 2 amide bonds. The standard InChI is InChI=1S/C18H30N4O3S/c1-19-18(25)22-17(14-8-10-20-11-9-14)26-16(21-22)13-5-2-12(3-6-13)4-7-15(23)24/h12-14,17,20H,2-11H2,1H3,(H,19,25)(H,23,24). The molecule has 0 aromatic heterocycles. The van der Waals surface area contributed by atoms with Gasteiger partial charge in [-0.2, -0.15) is 5.10 Å². The molecule has 3 rings (SSSR count). The van der Waals surface area contributed by atoms with E-state index >= 15 is 0 Å². The summed E-state index contributed by atoms with van der Waals surface area (Å²) >= 11 is 1.79. The van der Waals surface area contributed by atoms with Crippen LogP contribution in [0.2, 0.25) is 0 Å². The summed E-state index contributed by atoms with van der Waals surface area (Å²) in [7, 11) is 1.66. The van der Waals surface area contributed by atoms with Gasteiger partial charge in [0.2, 0.25) is 0 Å². The van der Waals surface area contributed by atoms with Crippen LogP contribution in [0, 0.1) is 17.8 Å². The SMILES string of the molecule is CNC(=O)N1N=C(C2CCC(CCC(=O)O)CC2)SC1C1CCNCC1. The maximum atomic E-state index is 12.3. The summed E-state index contributed by atoms with van der Waals surface area (Å²) in [5.74, 6) is 0.713. The molecule has 1 saturated carbocycles. The molecule has 2 aliphatic heterocycles. The number of aliphatic carboxylic acids is 1. The van der Waals surface area contributed by atoms with Crippen LogP contribution < -0.4 is 10.6 Å². The van der Waals surface area contributed by atoms with Crippen molar-refractivity contribution in [2.45, 2.75) is 56.7 Å².